The Labute approximate surface area is 123 Å². The van der Waals surface area contributed by atoms with Crippen LogP contribution in [0.15, 0.2) is 36.5 Å². The second kappa shape index (κ2) is 5.53. The molecule has 0 unspecified atom stereocenters. The van der Waals surface area contributed by atoms with Gasteiger partial charge in [-0.1, -0.05) is 11.6 Å². The average molecular weight is 374 g/mol. The van der Waals surface area contributed by atoms with Crippen LogP contribution < -0.4 is 11.1 Å². The van der Waals surface area contributed by atoms with E-state index in [-0.39, 0.29) is 11.7 Å². The van der Waals surface area contributed by atoms with E-state index < -0.39 is 0 Å². The van der Waals surface area contributed by atoms with Crippen LogP contribution in [-0.2, 0) is 0 Å². The van der Waals surface area contributed by atoms with E-state index in [1.165, 1.54) is 6.20 Å². The quantitative estimate of drug-likeness (QED) is 0.795. The van der Waals surface area contributed by atoms with Crippen LogP contribution >= 0.6 is 34.2 Å². The van der Waals surface area contributed by atoms with Gasteiger partial charge in [-0.05, 0) is 52.9 Å². The van der Waals surface area contributed by atoms with Crippen LogP contribution in [0.2, 0.25) is 5.02 Å². The predicted molar refractivity (Wildman–Crippen MR) is 80.8 cm³/mol. The summed E-state index contributed by atoms with van der Waals surface area (Å²) >= 11 is 8.15. The van der Waals surface area contributed by atoms with E-state index >= 15 is 0 Å². The van der Waals surface area contributed by atoms with Gasteiger partial charge < -0.3 is 11.1 Å². The molecule has 6 heteroatoms. The first-order chi connectivity index (χ1) is 8.58. The van der Waals surface area contributed by atoms with Gasteiger partial charge in [0.1, 0.15) is 5.82 Å². The first kappa shape index (κ1) is 13.1. The molecule has 2 rings (SSSR count). The van der Waals surface area contributed by atoms with E-state index in [1.807, 2.05) is 6.07 Å². The summed E-state index contributed by atoms with van der Waals surface area (Å²) in [6.07, 6.45) is 1.53. The Hall–Kier alpha value is -1.34. The lowest BCUT2D eigenvalue weighted by molar-refractivity contribution is 0.102. The molecule has 0 spiro atoms. The van der Waals surface area contributed by atoms with Crippen molar-refractivity contribution < 1.29 is 4.79 Å². The molecular weight excluding hydrogens is 365 g/mol. The number of pyridine rings is 1. The highest BCUT2D eigenvalue weighted by Crippen LogP contribution is 2.24. The summed E-state index contributed by atoms with van der Waals surface area (Å²) in [6, 6.07) is 8.64. The van der Waals surface area contributed by atoms with Gasteiger partial charge in [-0.3, -0.25) is 4.79 Å². The summed E-state index contributed by atoms with van der Waals surface area (Å²) in [5.41, 5.74) is 6.52. The van der Waals surface area contributed by atoms with Crippen molar-refractivity contribution in [1.29, 1.82) is 0 Å². The Balaban J connectivity index is 2.27. The lowest BCUT2D eigenvalue weighted by Gasteiger charge is -2.08. The van der Waals surface area contributed by atoms with E-state index in [9.17, 15) is 4.79 Å². The van der Waals surface area contributed by atoms with Gasteiger partial charge in [0, 0.05) is 9.77 Å². The van der Waals surface area contributed by atoms with Crippen LogP contribution in [0.25, 0.3) is 0 Å². The SMILES string of the molecule is Nc1ncccc1C(=O)Nc1cc(I)ccc1Cl. The lowest BCUT2D eigenvalue weighted by atomic mass is 10.2. The number of aromatic nitrogens is 1. The fourth-order valence-electron chi connectivity index (χ4n) is 1.39. The molecule has 0 saturated heterocycles. The van der Waals surface area contributed by atoms with Crippen LogP contribution in [0, 0.1) is 3.57 Å². The second-order valence-electron chi connectivity index (χ2n) is 3.51. The minimum absolute atomic E-state index is 0.191. The van der Waals surface area contributed by atoms with Gasteiger partial charge in [-0.25, -0.2) is 4.98 Å². The predicted octanol–water partition coefficient (Wildman–Crippen LogP) is 3.17. The number of nitrogens with two attached hydrogens (primary N) is 1. The van der Waals surface area contributed by atoms with Gasteiger partial charge in [0.25, 0.3) is 5.91 Å². The smallest absolute Gasteiger partial charge is 0.259 e. The topological polar surface area (TPSA) is 68.0 Å². The minimum atomic E-state index is -0.329. The normalized spacial score (nSPS) is 10.1. The Morgan fingerprint density at radius 1 is 1.39 bits per heavy atom. The van der Waals surface area contributed by atoms with Gasteiger partial charge in [0.2, 0.25) is 0 Å². The highest BCUT2D eigenvalue weighted by atomic mass is 127. The highest BCUT2D eigenvalue weighted by Gasteiger charge is 2.12. The number of halogens is 2. The summed E-state index contributed by atoms with van der Waals surface area (Å²) in [7, 11) is 0. The number of nitrogens with zero attached hydrogens (tertiary/aromatic N) is 1. The third-order valence-electron chi connectivity index (χ3n) is 2.26. The molecule has 0 aliphatic carbocycles. The molecule has 0 saturated carbocycles. The molecule has 4 nitrogen and oxygen atoms in total. The monoisotopic (exact) mass is 373 g/mol. The Morgan fingerprint density at radius 3 is 2.89 bits per heavy atom. The molecule has 0 aliphatic heterocycles. The Bertz CT molecular complexity index is 604. The zero-order valence-electron chi connectivity index (χ0n) is 9.15. The van der Waals surface area contributed by atoms with Gasteiger partial charge in [0.05, 0.1) is 16.3 Å². The second-order valence-corrected chi connectivity index (χ2v) is 5.17. The number of hydrogen-bond acceptors (Lipinski definition) is 3. The number of nitrogens with one attached hydrogen (secondary N) is 1. The Morgan fingerprint density at radius 2 is 2.17 bits per heavy atom. The van der Waals surface area contributed by atoms with Gasteiger partial charge >= 0.3 is 0 Å². The molecule has 1 aromatic carbocycles. The van der Waals surface area contributed by atoms with Gasteiger partial charge in [-0.15, -0.1) is 0 Å². The summed E-state index contributed by atoms with van der Waals surface area (Å²) in [5, 5.41) is 3.19. The first-order valence-electron chi connectivity index (χ1n) is 5.05. The number of carbonyl (C=O) groups excluding carboxylic acids is 1. The van der Waals surface area contributed by atoms with Crippen molar-refractivity contribution in [3.05, 3.63) is 50.7 Å². The summed E-state index contributed by atoms with van der Waals surface area (Å²) < 4.78 is 0.978. The van der Waals surface area contributed by atoms with Gasteiger partial charge in [-0.2, -0.15) is 0 Å². The van der Waals surface area contributed by atoms with Crippen molar-refractivity contribution in [2.75, 3.05) is 11.1 Å². The number of hydrogen-bond donors (Lipinski definition) is 2. The zero-order valence-corrected chi connectivity index (χ0v) is 12.1. The van der Waals surface area contributed by atoms with E-state index in [0.29, 0.717) is 16.3 Å². The minimum Gasteiger partial charge on any atom is -0.383 e. The molecule has 0 radical (unpaired) electrons. The molecule has 2 aromatic rings. The highest BCUT2D eigenvalue weighted by molar-refractivity contribution is 14.1. The molecule has 0 aliphatic rings. The van der Waals surface area contributed by atoms with Crippen molar-refractivity contribution in [2.45, 2.75) is 0 Å². The van der Waals surface area contributed by atoms with E-state index in [2.05, 4.69) is 32.9 Å². The number of benzene rings is 1. The maximum Gasteiger partial charge on any atom is 0.259 e. The molecule has 0 atom stereocenters. The fraction of sp³-hybridized carbons (Fsp3) is 0. The van der Waals surface area contributed by atoms with E-state index in [1.54, 1.807) is 24.3 Å². The number of rotatable bonds is 2. The van der Waals surface area contributed by atoms with E-state index in [4.69, 9.17) is 17.3 Å². The van der Waals surface area contributed by atoms with Crippen molar-refractivity contribution in [3.8, 4) is 0 Å². The number of carbonyl (C=O) groups is 1. The first-order valence-corrected chi connectivity index (χ1v) is 6.50. The number of nitrogen functional groups attached to an aromatic ring is 1. The zero-order chi connectivity index (χ0) is 13.1. The molecule has 1 aromatic heterocycles. The Kier molecular flexibility index (Phi) is 4.03. The van der Waals surface area contributed by atoms with Crippen molar-refractivity contribution in [1.82, 2.24) is 4.98 Å². The standard InChI is InChI=1S/C12H9ClIN3O/c13-9-4-3-7(14)6-10(9)17-12(18)8-2-1-5-16-11(8)15/h1-6H,(H2,15,16)(H,17,18). The summed E-state index contributed by atoms with van der Waals surface area (Å²) in [5.74, 6) is -0.138. The maximum absolute atomic E-state index is 12.0. The number of amides is 1. The fourth-order valence-corrected chi connectivity index (χ4v) is 2.05. The van der Waals surface area contributed by atoms with Crippen LogP contribution in [0.1, 0.15) is 10.4 Å². The van der Waals surface area contributed by atoms with Crippen LogP contribution in [0.3, 0.4) is 0 Å². The summed E-state index contributed by atoms with van der Waals surface area (Å²) in [6.45, 7) is 0. The number of anilines is 2. The molecule has 3 N–H and O–H groups in total. The van der Waals surface area contributed by atoms with E-state index in [0.717, 1.165) is 3.57 Å². The maximum atomic E-state index is 12.0. The lowest BCUT2D eigenvalue weighted by Crippen LogP contribution is -2.15. The van der Waals surface area contributed by atoms with Crippen molar-refractivity contribution in [3.63, 3.8) is 0 Å². The summed E-state index contributed by atoms with van der Waals surface area (Å²) in [4.78, 5) is 15.9. The molecule has 0 fully saturated rings. The third kappa shape index (κ3) is 2.91. The molecule has 1 amide bonds. The average Bonchev–Trinajstić information content (AvgIpc) is 2.34. The molecule has 18 heavy (non-hydrogen) atoms. The molecule has 1 heterocycles. The van der Waals surface area contributed by atoms with Crippen LogP contribution in [0.4, 0.5) is 11.5 Å². The van der Waals surface area contributed by atoms with Gasteiger partial charge in [0.15, 0.2) is 0 Å². The van der Waals surface area contributed by atoms with Crippen LogP contribution in [-0.4, -0.2) is 10.9 Å². The largest absolute Gasteiger partial charge is 0.383 e. The molecular formula is C12H9ClIN3O. The van der Waals surface area contributed by atoms with Crippen LogP contribution in [0.5, 0.6) is 0 Å². The third-order valence-corrected chi connectivity index (χ3v) is 3.26. The molecule has 0 bridgehead atoms. The van der Waals surface area contributed by atoms with Crippen molar-refractivity contribution >= 4 is 51.6 Å². The van der Waals surface area contributed by atoms with Crippen molar-refractivity contribution in [2.24, 2.45) is 0 Å². The molecule has 92 valence electrons.